The summed E-state index contributed by atoms with van der Waals surface area (Å²) in [4.78, 5) is 30.6. The number of aliphatic hydroxyl groups is 2. The number of allylic oxidation sites excluding steroid dienone is 4. The number of rotatable bonds is 7. The molecule has 0 saturated carbocycles. The minimum Gasteiger partial charge on any atom is -0.447 e. The maximum Gasteiger partial charge on any atom is 0.255 e. The number of oxazole rings is 1. The van der Waals surface area contributed by atoms with Gasteiger partial charge in [-0.05, 0) is 23.5 Å². The SMILES string of the molecule is CC1C=CC=C(Cc2coc(CNC(=O)C(O)C(O)C(=O)N3Cc4ccccc4C3)n2)C1. The number of hydrogen-bond acceptors (Lipinski definition) is 6. The maximum atomic E-state index is 12.5. The second-order valence-electron chi connectivity index (χ2n) is 8.37. The van der Waals surface area contributed by atoms with Gasteiger partial charge in [0.25, 0.3) is 11.8 Å². The number of nitrogens with one attached hydrogen (secondary N) is 1. The monoisotopic (exact) mass is 437 g/mol. The van der Waals surface area contributed by atoms with Crippen molar-refractivity contribution < 1.29 is 24.2 Å². The fraction of sp³-hybridized carbons (Fsp3) is 0.375. The van der Waals surface area contributed by atoms with E-state index in [1.165, 1.54) is 10.5 Å². The first-order valence-corrected chi connectivity index (χ1v) is 10.7. The van der Waals surface area contributed by atoms with Gasteiger partial charge in [-0.25, -0.2) is 4.98 Å². The van der Waals surface area contributed by atoms with Crippen LogP contribution in [0.5, 0.6) is 0 Å². The molecule has 3 atom stereocenters. The normalized spacial score (nSPS) is 19.3. The number of amides is 2. The van der Waals surface area contributed by atoms with Crippen LogP contribution in [0.3, 0.4) is 0 Å². The second-order valence-corrected chi connectivity index (χ2v) is 8.37. The van der Waals surface area contributed by atoms with Gasteiger partial charge in [-0.1, -0.05) is 55.0 Å². The zero-order valence-corrected chi connectivity index (χ0v) is 17.9. The summed E-state index contributed by atoms with van der Waals surface area (Å²) in [5, 5.41) is 22.9. The molecule has 8 nitrogen and oxygen atoms in total. The zero-order valence-electron chi connectivity index (χ0n) is 17.9. The predicted molar refractivity (Wildman–Crippen MR) is 116 cm³/mol. The lowest BCUT2D eigenvalue weighted by Gasteiger charge is -2.22. The average Bonchev–Trinajstić information content (AvgIpc) is 3.42. The molecule has 4 rings (SSSR count). The highest BCUT2D eigenvalue weighted by molar-refractivity contribution is 5.90. The van der Waals surface area contributed by atoms with Crippen LogP contribution in [0.1, 0.15) is 36.1 Å². The molecule has 2 aliphatic rings. The van der Waals surface area contributed by atoms with Crippen LogP contribution in [-0.2, 0) is 35.6 Å². The number of fused-ring (bicyclic) bond motifs is 1. The van der Waals surface area contributed by atoms with Crippen LogP contribution in [0.25, 0.3) is 0 Å². The summed E-state index contributed by atoms with van der Waals surface area (Å²) < 4.78 is 5.40. The van der Waals surface area contributed by atoms with E-state index in [9.17, 15) is 19.8 Å². The fourth-order valence-electron chi connectivity index (χ4n) is 4.03. The molecular weight excluding hydrogens is 410 g/mol. The van der Waals surface area contributed by atoms with Gasteiger partial charge in [0.1, 0.15) is 6.26 Å². The first kappa shape index (κ1) is 22.0. The smallest absolute Gasteiger partial charge is 0.255 e. The van der Waals surface area contributed by atoms with Gasteiger partial charge in [-0.15, -0.1) is 0 Å². The molecule has 3 unspecified atom stereocenters. The van der Waals surface area contributed by atoms with Crippen LogP contribution in [-0.4, -0.2) is 44.1 Å². The summed E-state index contributed by atoms with van der Waals surface area (Å²) in [6.45, 7) is 2.77. The molecule has 0 saturated heterocycles. The fourth-order valence-corrected chi connectivity index (χ4v) is 4.03. The van der Waals surface area contributed by atoms with Crippen LogP contribution in [0.15, 0.2) is 58.7 Å². The minimum absolute atomic E-state index is 0.0543. The molecule has 3 N–H and O–H groups in total. The molecule has 8 heteroatoms. The van der Waals surface area contributed by atoms with E-state index >= 15 is 0 Å². The van der Waals surface area contributed by atoms with E-state index in [2.05, 4.69) is 29.4 Å². The van der Waals surface area contributed by atoms with Crippen LogP contribution in [0.2, 0.25) is 0 Å². The Morgan fingerprint density at radius 2 is 1.94 bits per heavy atom. The molecule has 2 aromatic rings. The van der Waals surface area contributed by atoms with Gasteiger partial charge in [-0.2, -0.15) is 0 Å². The minimum atomic E-state index is -1.89. The van der Waals surface area contributed by atoms with Gasteiger partial charge in [0, 0.05) is 19.5 Å². The topological polar surface area (TPSA) is 116 Å². The van der Waals surface area contributed by atoms with E-state index in [4.69, 9.17) is 4.42 Å². The third-order valence-corrected chi connectivity index (χ3v) is 5.75. The molecule has 1 aliphatic heterocycles. The van der Waals surface area contributed by atoms with Crippen molar-refractivity contribution in [1.82, 2.24) is 15.2 Å². The second kappa shape index (κ2) is 9.50. The van der Waals surface area contributed by atoms with Gasteiger partial charge >= 0.3 is 0 Å². The van der Waals surface area contributed by atoms with Crippen molar-refractivity contribution in [2.24, 2.45) is 5.92 Å². The van der Waals surface area contributed by atoms with E-state index in [1.807, 2.05) is 30.3 Å². The number of aromatic nitrogens is 1. The first-order chi connectivity index (χ1) is 15.4. The molecule has 2 heterocycles. The number of nitrogens with zero attached hydrogens (tertiary/aromatic N) is 2. The Labute approximate surface area is 186 Å². The summed E-state index contributed by atoms with van der Waals surface area (Å²) in [6, 6.07) is 7.57. The van der Waals surface area contributed by atoms with Crippen LogP contribution in [0, 0.1) is 5.92 Å². The standard InChI is InChI=1S/C24H27N3O5/c1-15-5-4-6-16(9-15)10-19-14-32-20(26-19)11-25-23(30)21(28)22(29)24(31)27-12-17-7-2-3-8-18(17)13-27/h2-8,14-15,21-22,28-29H,9-13H2,1H3,(H,25,30). The van der Waals surface area contributed by atoms with Gasteiger partial charge in [0.2, 0.25) is 5.89 Å². The summed E-state index contributed by atoms with van der Waals surface area (Å²) in [5.74, 6) is -0.773. The molecule has 1 aromatic carbocycles. The number of benzene rings is 1. The summed E-state index contributed by atoms with van der Waals surface area (Å²) >= 11 is 0. The summed E-state index contributed by atoms with van der Waals surface area (Å²) in [6.07, 6.45) is 5.71. The molecule has 0 fully saturated rings. The Morgan fingerprint density at radius 1 is 1.22 bits per heavy atom. The van der Waals surface area contributed by atoms with Crippen molar-refractivity contribution in [3.8, 4) is 0 Å². The summed E-state index contributed by atoms with van der Waals surface area (Å²) in [7, 11) is 0. The van der Waals surface area contributed by atoms with Gasteiger partial charge in [0.05, 0.1) is 12.2 Å². The Kier molecular flexibility index (Phi) is 6.53. The molecule has 1 aromatic heterocycles. The zero-order chi connectivity index (χ0) is 22.7. The molecular formula is C24H27N3O5. The van der Waals surface area contributed by atoms with Crippen LogP contribution >= 0.6 is 0 Å². The largest absolute Gasteiger partial charge is 0.447 e. The van der Waals surface area contributed by atoms with Crippen LogP contribution < -0.4 is 5.32 Å². The van der Waals surface area contributed by atoms with E-state index in [-0.39, 0.29) is 12.4 Å². The van der Waals surface area contributed by atoms with Crippen molar-refractivity contribution in [3.05, 3.63) is 77.0 Å². The molecule has 0 bridgehead atoms. The highest BCUT2D eigenvalue weighted by Crippen LogP contribution is 2.23. The quantitative estimate of drug-likeness (QED) is 0.606. The van der Waals surface area contributed by atoms with E-state index < -0.39 is 24.0 Å². The van der Waals surface area contributed by atoms with E-state index in [0.717, 1.165) is 23.2 Å². The Morgan fingerprint density at radius 3 is 2.62 bits per heavy atom. The average molecular weight is 437 g/mol. The van der Waals surface area contributed by atoms with Crippen molar-refractivity contribution in [3.63, 3.8) is 0 Å². The lowest BCUT2D eigenvalue weighted by molar-refractivity contribution is -0.153. The molecule has 1 aliphatic carbocycles. The van der Waals surface area contributed by atoms with Crippen molar-refractivity contribution >= 4 is 11.8 Å². The van der Waals surface area contributed by atoms with Crippen LogP contribution in [0.4, 0.5) is 0 Å². The van der Waals surface area contributed by atoms with Crippen molar-refractivity contribution in [2.75, 3.05) is 0 Å². The third-order valence-electron chi connectivity index (χ3n) is 5.75. The molecule has 0 spiro atoms. The number of aliphatic hydroxyl groups excluding tert-OH is 2. The van der Waals surface area contributed by atoms with Gasteiger partial charge in [0.15, 0.2) is 12.2 Å². The van der Waals surface area contributed by atoms with Gasteiger partial charge < -0.3 is 24.8 Å². The van der Waals surface area contributed by atoms with Crippen molar-refractivity contribution in [1.29, 1.82) is 0 Å². The third kappa shape index (κ3) is 4.98. The lowest BCUT2D eigenvalue weighted by Crippen LogP contribution is -2.49. The lowest BCUT2D eigenvalue weighted by atomic mass is 9.93. The highest BCUT2D eigenvalue weighted by Gasteiger charge is 2.35. The Bertz CT molecular complexity index is 1030. The predicted octanol–water partition coefficient (Wildman–Crippen LogP) is 1.62. The van der Waals surface area contributed by atoms with Crippen molar-refractivity contribution in [2.45, 2.75) is 51.6 Å². The number of carbonyl (C=O) groups excluding carboxylic acids is 2. The van der Waals surface area contributed by atoms with E-state index in [1.54, 1.807) is 6.26 Å². The Hall–Kier alpha value is -3.23. The molecule has 2 amide bonds. The first-order valence-electron chi connectivity index (χ1n) is 10.7. The van der Waals surface area contributed by atoms with E-state index in [0.29, 0.717) is 25.4 Å². The molecule has 168 valence electrons. The number of hydrogen-bond donors (Lipinski definition) is 3. The molecule has 0 radical (unpaired) electrons. The number of carbonyl (C=O) groups is 2. The molecule has 32 heavy (non-hydrogen) atoms. The maximum absolute atomic E-state index is 12.5. The summed E-state index contributed by atoms with van der Waals surface area (Å²) in [5.41, 5.74) is 3.99. The highest BCUT2D eigenvalue weighted by atomic mass is 16.4. The Balaban J connectivity index is 1.27. The van der Waals surface area contributed by atoms with Gasteiger partial charge in [-0.3, -0.25) is 9.59 Å².